The summed E-state index contributed by atoms with van der Waals surface area (Å²) < 4.78 is 11.7. The standard InChI is InChI=1S/C27H28N4O2/c1-32-25-17-24-23(16-26(25)33-15-12-22-11-5-6-13-28-22)27(30-19-29-24)31-14-7-10-21(18-31)20-8-3-2-4-9-20/h2-6,8-9,11,13,16-17,19,21H,7,10,12,14-15,18H2,1H3/t21-/m1/s1. The van der Waals surface area contributed by atoms with E-state index in [-0.39, 0.29) is 0 Å². The van der Waals surface area contributed by atoms with Crippen LogP contribution in [-0.2, 0) is 6.42 Å². The van der Waals surface area contributed by atoms with Crippen molar-refractivity contribution in [3.63, 3.8) is 0 Å². The molecule has 1 aliphatic heterocycles. The number of ether oxygens (including phenoxy) is 2. The summed E-state index contributed by atoms with van der Waals surface area (Å²) in [5.74, 6) is 2.83. The Morgan fingerprint density at radius 1 is 0.970 bits per heavy atom. The van der Waals surface area contributed by atoms with Crippen LogP contribution < -0.4 is 14.4 Å². The van der Waals surface area contributed by atoms with Gasteiger partial charge in [0.2, 0.25) is 0 Å². The smallest absolute Gasteiger partial charge is 0.162 e. The van der Waals surface area contributed by atoms with Crippen LogP contribution in [0.25, 0.3) is 10.9 Å². The molecule has 1 saturated heterocycles. The van der Waals surface area contributed by atoms with E-state index >= 15 is 0 Å². The van der Waals surface area contributed by atoms with E-state index in [1.807, 2.05) is 30.3 Å². The Balaban J connectivity index is 1.41. The van der Waals surface area contributed by atoms with Gasteiger partial charge in [0.25, 0.3) is 0 Å². The molecule has 4 aromatic rings. The second-order valence-corrected chi connectivity index (χ2v) is 8.33. The maximum absolute atomic E-state index is 6.13. The van der Waals surface area contributed by atoms with Crippen LogP contribution in [0.15, 0.2) is 73.2 Å². The SMILES string of the molecule is COc1cc2ncnc(N3CCC[C@@H](c4ccccc4)C3)c2cc1OCCc1ccccn1. The van der Waals surface area contributed by atoms with E-state index in [0.29, 0.717) is 24.0 Å². The van der Waals surface area contributed by atoms with Crippen molar-refractivity contribution < 1.29 is 9.47 Å². The third-order valence-corrected chi connectivity index (χ3v) is 6.23. The number of methoxy groups -OCH3 is 1. The lowest BCUT2D eigenvalue weighted by Crippen LogP contribution is -2.35. The third kappa shape index (κ3) is 4.75. The number of rotatable bonds is 7. The molecule has 6 heteroatoms. The molecule has 0 bridgehead atoms. The molecule has 0 amide bonds. The highest BCUT2D eigenvalue weighted by atomic mass is 16.5. The normalized spacial score (nSPS) is 16.0. The largest absolute Gasteiger partial charge is 0.493 e. The van der Waals surface area contributed by atoms with Gasteiger partial charge in [-0.05, 0) is 36.6 Å². The maximum Gasteiger partial charge on any atom is 0.162 e. The fourth-order valence-corrected chi connectivity index (χ4v) is 4.55. The van der Waals surface area contributed by atoms with Crippen molar-refractivity contribution in [2.24, 2.45) is 0 Å². The lowest BCUT2D eigenvalue weighted by molar-refractivity contribution is 0.297. The fourth-order valence-electron chi connectivity index (χ4n) is 4.55. The van der Waals surface area contributed by atoms with Gasteiger partial charge in [0.1, 0.15) is 12.1 Å². The second-order valence-electron chi connectivity index (χ2n) is 8.33. The first-order valence-electron chi connectivity index (χ1n) is 11.5. The number of nitrogens with zero attached hydrogens (tertiary/aromatic N) is 4. The molecular weight excluding hydrogens is 412 g/mol. The van der Waals surface area contributed by atoms with Crippen LogP contribution in [0.2, 0.25) is 0 Å². The zero-order chi connectivity index (χ0) is 22.5. The summed E-state index contributed by atoms with van der Waals surface area (Å²) in [6.45, 7) is 2.44. The van der Waals surface area contributed by atoms with Gasteiger partial charge in [0, 0.05) is 48.8 Å². The first-order valence-corrected chi connectivity index (χ1v) is 11.5. The van der Waals surface area contributed by atoms with Crippen LogP contribution in [0.1, 0.15) is 30.0 Å². The van der Waals surface area contributed by atoms with Gasteiger partial charge < -0.3 is 14.4 Å². The summed E-state index contributed by atoms with van der Waals surface area (Å²) in [5.41, 5.74) is 3.25. The van der Waals surface area contributed by atoms with Crippen molar-refractivity contribution in [3.05, 3.63) is 84.4 Å². The van der Waals surface area contributed by atoms with Gasteiger partial charge in [0.15, 0.2) is 11.5 Å². The summed E-state index contributed by atoms with van der Waals surface area (Å²) in [5, 5.41) is 0.986. The van der Waals surface area contributed by atoms with Crippen molar-refractivity contribution in [2.45, 2.75) is 25.2 Å². The zero-order valence-corrected chi connectivity index (χ0v) is 18.9. The molecule has 0 aliphatic carbocycles. The van der Waals surface area contributed by atoms with E-state index in [1.54, 1.807) is 19.6 Å². The summed E-state index contributed by atoms with van der Waals surface area (Å²) in [6, 6.07) is 20.6. The molecule has 1 atom stereocenters. The number of pyridine rings is 1. The van der Waals surface area contributed by atoms with Crippen LogP contribution in [0.5, 0.6) is 11.5 Å². The Morgan fingerprint density at radius 2 is 1.85 bits per heavy atom. The average Bonchev–Trinajstić information content (AvgIpc) is 2.89. The minimum Gasteiger partial charge on any atom is -0.493 e. The summed E-state index contributed by atoms with van der Waals surface area (Å²) in [4.78, 5) is 16.0. The Labute approximate surface area is 194 Å². The molecule has 6 nitrogen and oxygen atoms in total. The van der Waals surface area contributed by atoms with E-state index in [4.69, 9.17) is 14.5 Å². The van der Waals surface area contributed by atoms with Crippen molar-refractivity contribution in [1.82, 2.24) is 15.0 Å². The Kier molecular flexibility index (Phi) is 6.33. The van der Waals surface area contributed by atoms with Crippen LogP contribution in [-0.4, -0.2) is 41.8 Å². The summed E-state index contributed by atoms with van der Waals surface area (Å²) in [7, 11) is 1.66. The molecule has 33 heavy (non-hydrogen) atoms. The molecule has 2 aromatic carbocycles. The number of benzene rings is 2. The molecule has 0 N–H and O–H groups in total. The Bertz CT molecular complexity index is 1200. The van der Waals surface area contributed by atoms with Gasteiger partial charge in [0.05, 0.1) is 19.2 Å². The highest BCUT2D eigenvalue weighted by molar-refractivity contribution is 5.92. The van der Waals surface area contributed by atoms with Crippen LogP contribution in [0.4, 0.5) is 5.82 Å². The highest BCUT2D eigenvalue weighted by Crippen LogP contribution is 2.37. The molecule has 0 saturated carbocycles. The zero-order valence-electron chi connectivity index (χ0n) is 18.9. The minimum atomic E-state index is 0.498. The van der Waals surface area contributed by atoms with Crippen molar-refractivity contribution >= 4 is 16.7 Å². The third-order valence-electron chi connectivity index (χ3n) is 6.23. The van der Waals surface area contributed by atoms with Crippen molar-refractivity contribution in [1.29, 1.82) is 0 Å². The number of hydrogen-bond acceptors (Lipinski definition) is 6. The first-order chi connectivity index (χ1) is 16.3. The molecule has 0 spiro atoms. The van der Waals surface area contributed by atoms with E-state index in [1.165, 1.54) is 12.0 Å². The van der Waals surface area contributed by atoms with Gasteiger partial charge in [-0.3, -0.25) is 4.98 Å². The van der Waals surface area contributed by atoms with Crippen LogP contribution in [0.3, 0.4) is 0 Å². The van der Waals surface area contributed by atoms with E-state index in [0.717, 1.165) is 48.3 Å². The quantitative estimate of drug-likeness (QED) is 0.401. The molecule has 3 heterocycles. The average molecular weight is 441 g/mol. The number of anilines is 1. The van der Waals surface area contributed by atoms with Crippen LogP contribution in [0, 0.1) is 0 Å². The van der Waals surface area contributed by atoms with Crippen molar-refractivity contribution in [3.8, 4) is 11.5 Å². The van der Waals surface area contributed by atoms with Gasteiger partial charge >= 0.3 is 0 Å². The lowest BCUT2D eigenvalue weighted by Gasteiger charge is -2.34. The fraction of sp³-hybridized carbons (Fsp3) is 0.296. The van der Waals surface area contributed by atoms with Gasteiger partial charge in [-0.15, -0.1) is 0 Å². The summed E-state index contributed by atoms with van der Waals surface area (Å²) in [6.07, 6.45) is 6.50. The van der Waals surface area contributed by atoms with Gasteiger partial charge in [-0.2, -0.15) is 0 Å². The molecular formula is C27H28N4O2. The molecule has 0 radical (unpaired) electrons. The van der Waals surface area contributed by atoms with Gasteiger partial charge in [-0.25, -0.2) is 9.97 Å². The van der Waals surface area contributed by atoms with Crippen LogP contribution >= 0.6 is 0 Å². The molecule has 2 aromatic heterocycles. The number of piperidine rings is 1. The van der Waals surface area contributed by atoms with E-state index in [2.05, 4.69) is 45.2 Å². The predicted octanol–water partition coefficient (Wildman–Crippen LogP) is 5.04. The monoisotopic (exact) mass is 440 g/mol. The summed E-state index contributed by atoms with van der Waals surface area (Å²) >= 11 is 0. The number of fused-ring (bicyclic) bond motifs is 1. The second kappa shape index (κ2) is 9.86. The number of hydrogen-bond donors (Lipinski definition) is 0. The molecule has 1 aliphatic rings. The molecule has 168 valence electrons. The maximum atomic E-state index is 6.13. The molecule has 5 rings (SSSR count). The first kappa shape index (κ1) is 21.2. The van der Waals surface area contributed by atoms with Crippen molar-refractivity contribution in [2.75, 3.05) is 31.7 Å². The topological polar surface area (TPSA) is 60.4 Å². The Hall–Kier alpha value is -3.67. The predicted molar refractivity (Wildman–Crippen MR) is 130 cm³/mol. The highest BCUT2D eigenvalue weighted by Gasteiger charge is 2.24. The number of aromatic nitrogens is 3. The van der Waals surface area contributed by atoms with E-state index < -0.39 is 0 Å². The Morgan fingerprint density at radius 3 is 2.67 bits per heavy atom. The van der Waals surface area contributed by atoms with E-state index in [9.17, 15) is 0 Å². The molecule has 1 fully saturated rings. The molecule has 0 unspecified atom stereocenters. The lowest BCUT2D eigenvalue weighted by atomic mass is 9.90. The minimum absolute atomic E-state index is 0.498. The van der Waals surface area contributed by atoms with Gasteiger partial charge in [-0.1, -0.05) is 36.4 Å².